The van der Waals surface area contributed by atoms with Crippen molar-refractivity contribution in [3.63, 3.8) is 0 Å². The van der Waals surface area contributed by atoms with E-state index >= 15 is 0 Å². The van der Waals surface area contributed by atoms with Gasteiger partial charge in [-0.1, -0.05) is 24.3 Å². The number of nitrogens with one attached hydrogen (secondary N) is 2. The zero-order valence-electron chi connectivity index (χ0n) is 25.2. The van der Waals surface area contributed by atoms with Crippen LogP contribution in [0.3, 0.4) is 0 Å². The summed E-state index contributed by atoms with van der Waals surface area (Å²) in [6.07, 6.45) is 3.06. The minimum absolute atomic E-state index is 0.0262. The second kappa shape index (κ2) is 13.8. The number of alkyl halides is 2. The topological polar surface area (TPSA) is 161 Å². The minimum atomic E-state index is -2.79. The molecule has 2 atom stereocenters. The van der Waals surface area contributed by atoms with Crippen LogP contribution in [0.15, 0.2) is 67.0 Å². The number of carbonyl (C=O) groups is 3. The molecule has 1 saturated carbocycles. The molecule has 4 N–H and O–H groups in total. The van der Waals surface area contributed by atoms with Gasteiger partial charge in [0.25, 0.3) is 5.91 Å². The van der Waals surface area contributed by atoms with Crippen LogP contribution in [0.4, 0.5) is 20.3 Å². The maximum Gasteiger partial charge on any atom is 0.252 e. The number of aryl methyl sites for hydroxylation is 1. The summed E-state index contributed by atoms with van der Waals surface area (Å²) < 4.78 is 27.9. The number of hydrogen-bond donors (Lipinski definition) is 3. The first kappa shape index (κ1) is 32.2. The Morgan fingerprint density at radius 1 is 1.20 bits per heavy atom. The number of nitriles is 1. The van der Waals surface area contributed by atoms with E-state index in [-0.39, 0.29) is 49.9 Å². The highest BCUT2D eigenvalue weighted by molar-refractivity contribution is 6.06. The molecule has 46 heavy (non-hydrogen) atoms. The third-order valence-corrected chi connectivity index (χ3v) is 8.31. The fraction of sp³-hybridized carbons (Fsp3) is 0.333. The zero-order valence-corrected chi connectivity index (χ0v) is 25.2. The normalized spacial score (nSPS) is 15.8. The number of hydrogen-bond acceptors (Lipinski definition) is 8. The maximum absolute atomic E-state index is 14.9. The highest BCUT2D eigenvalue weighted by atomic mass is 19.3. The van der Waals surface area contributed by atoms with Crippen molar-refractivity contribution >= 4 is 40.5 Å². The number of fused-ring (bicyclic) bond motifs is 1. The summed E-state index contributed by atoms with van der Waals surface area (Å²) >= 11 is 0. The molecule has 13 heteroatoms. The number of hydrazine groups is 1. The van der Waals surface area contributed by atoms with Gasteiger partial charge in [-0.05, 0) is 67.6 Å². The van der Waals surface area contributed by atoms with Gasteiger partial charge in [0.2, 0.25) is 11.8 Å². The molecule has 4 aromatic rings. The van der Waals surface area contributed by atoms with Gasteiger partial charge < -0.3 is 10.1 Å². The van der Waals surface area contributed by atoms with Gasteiger partial charge in [-0.15, -0.1) is 0 Å². The molecule has 1 aliphatic carbocycles. The van der Waals surface area contributed by atoms with E-state index in [2.05, 4.69) is 20.5 Å². The molecule has 1 fully saturated rings. The van der Waals surface area contributed by atoms with Gasteiger partial charge in [0.05, 0.1) is 23.3 Å². The smallest absolute Gasteiger partial charge is 0.252 e. The largest absolute Gasteiger partial charge is 0.351 e. The zero-order chi connectivity index (χ0) is 32.8. The molecule has 1 aliphatic rings. The summed E-state index contributed by atoms with van der Waals surface area (Å²) in [4.78, 5) is 46.4. The molecule has 2 unspecified atom stereocenters. The Morgan fingerprint density at radius 2 is 1.96 bits per heavy atom. The molecule has 0 radical (unpaired) electrons. The summed E-state index contributed by atoms with van der Waals surface area (Å²) in [5, 5.41) is 21.1. The van der Waals surface area contributed by atoms with Crippen molar-refractivity contribution in [3.8, 4) is 6.07 Å². The minimum Gasteiger partial charge on any atom is -0.351 e. The summed E-state index contributed by atoms with van der Waals surface area (Å²) in [5.41, 5.74) is 2.55. The average molecular weight is 629 g/mol. The lowest BCUT2D eigenvalue weighted by molar-refractivity contribution is -0.128. The van der Waals surface area contributed by atoms with Crippen molar-refractivity contribution < 1.29 is 23.2 Å². The van der Waals surface area contributed by atoms with Crippen LogP contribution < -0.4 is 21.1 Å². The van der Waals surface area contributed by atoms with Crippen LogP contribution in [-0.2, 0) is 14.4 Å². The highest BCUT2D eigenvalue weighted by Crippen LogP contribution is 2.36. The van der Waals surface area contributed by atoms with Crippen LogP contribution in [-0.4, -0.2) is 51.3 Å². The second-order valence-corrected chi connectivity index (χ2v) is 11.4. The Labute approximate surface area is 264 Å². The molecule has 0 aliphatic heterocycles. The average Bonchev–Trinajstić information content (AvgIpc) is 3.53. The van der Waals surface area contributed by atoms with Crippen LogP contribution in [0, 0.1) is 18.3 Å². The molecule has 11 nitrogen and oxygen atoms in total. The Balaban J connectivity index is 1.63. The molecular weight excluding hydrogens is 594 g/mol. The number of pyridine rings is 1. The Morgan fingerprint density at radius 3 is 2.67 bits per heavy atom. The van der Waals surface area contributed by atoms with Crippen molar-refractivity contribution in [2.45, 2.75) is 69.5 Å². The molecule has 0 bridgehead atoms. The molecule has 0 saturated heterocycles. The van der Waals surface area contributed by atoms with Gasteiger partial charge in [-0.25, -0.2) is 19.6 Å². The van der Waals surface area contributed by atoms with Gasteiger partial charge in [-0.3, -0.25) is 24.6 Å². The fourth-order valence-corrected chi connectivity index (χ4v) is 5.80. The van der Waals surface area contributed by atoms with Crippen LogP contribution in [0.5, 0.6) is 0 Å². The van der Waals surface area contributed by atoms with Gasteiger partial charge >= 0.3 is 0 Å². The standard InChI is InChI=1S/C33H34F2N8O3/c1-21-5-2-3-6-26(21)30(31(45)40-24-10-13-33(34,35)14-11-24)42(25-8-9-27-23(18-25)20-39-41-27)32(46)28(7-4-16-44)43(37)29-17-22(19-36)12-15-38-29/h2-3,5-6,8-9,12,15-18,20,24,28,30H,4,7,10-11,13-14,37H2,1H3,(H,39,41)(H,40,45). The number of amides is 2. The van der Waals surface area contributed by atoms with E-state index in [1.165, 1.54) is 23.2 Å². The van der Waals surface area contributed by atoms with Gasteiger partial charge in [0.15, 0.2) is 0 Å². The van der Waals surface area contributed by atoms with Gasteiger partial charge in [-0.2, -0.15) is 10.4 Å². The molecule has 5 rings (SSSR count). The fourth-order valence-electron chi connectivity index (χ4n) is 5.80. The van der Waals surface area contributed by atoms with Crippen molar-refractivity contribution in [1.29, 1.82) is 5.26 Å². The number of aromatic amines is 1. The summed E-state index contributed by atoms with van der Waals surface area (Å²) in [6.45, 7) is 1.81. The van der Waals surface area contributed by atoms with E-state index < -0.39 is 35.9 Å². The quantitative estimate of drug-likeness (QED) is 0.123. The van der Waals surface area contributed by atoms with Crippen LogP contribution in [0.25, 0.3) is 10.9 Å². The van der Waals surface area contributed by atoms with Crippen molar-refractivity contribution in [2.24, 2.45) is 5.84 Å². The number of aldehydes is 1. The second-order valence-electron chi connectivity index (χ2n) is 11.4. The Kier molecular flexibility index (Phi) is 9.67. The summed E-state index contributed by atoms with van der Waals surface area (Å²) in [6, 6.07) is 14.2. The number of nitrogens with two attached hydrogens (primary N) is 1. The number of H-pyrrole nitrogens is 1. The SMILES string of the molecule is Cc1ccccc1C(C(=O)NC1CCC(F)(F)CC1)N(C(=O)C(CCC=O)N(N)c1cc(C#N)ccn1)c1ccc2[nH]ncc2c1. The number of rotatable bonds is 11. The van der Waals surface area contributed by atoms with E-state index in [1.807, 2.05) is 25.1 Å². The Bertz CT molecular complexity index is 1760. The molecule has 2 heterocycles. The number of halogens is 2. The first-order chi connectivity index (χ1) is 22.1. The molecule has 0 spiro atoms. The Hall–Kier alpha value is -5.22. The van der Waals surface area contributed by atoms with E-state index in [9.17, 15) is 28.4 Å². The number of aromatic nitrogens is 3. The summed E-state index contributed by atoms with van der Waals surface area (Å²) in [5.74, 6) is 2.69. The third kappa shape index (κ3) is 7.02. The van der Waals surface area contributed by atoms with Crippen molar-refractivity contribution in [3.05, 3.63) is 83.7 Å². The van der Waals surface area contributed by atoms with Gasteiger partial charge in [0, 0.05) is 42.6 Å². The number of benzene rings is 2. The predicted molar refractivity (Wildman–Crippen MR) is 168 cm³/mol. The molecule has 2 amide bonds. The van der Waals surface area contributed by atoms with E-state index in [0.717, 1.165) is 10.6 Å². The number of nitrogens with zero attached hydrogens (tertiary/aromatic N) is 5. The van der Waals surface area contributed by atoms with Crippen molar-refractivity contribution in [1.82, 2.24) is 20.5 Å². The van der Waals surface area contributed by atoms with Crippen LogP contribution >= 0.6 is 0 Å². The molecule has 2 aromatic carbocycles. The van der Waals surface area contributed by atoms with Crippen LogP contribution in [0.1, 0.15) is 61.3 Å². The maximum atomic E-state index is 14.9. The van der Waals surface area contributed by atoms with E-state index in [1.54, 1.807) is 36.5 Å². The first-order valence-electron chi connectivity index (χ1n) is 15.0. The van der Waals surface area contributed by atoms with Crippen LogP contribution in [0.2, 0.25) is 0 Å². The molecule has 238 valence electrons. The number of carbonyl (C=O) groups excluding carboxylic acids is 3. The number of anilines is 2. The van der Waals surface area contributed by atoms with Crippen molar-refractivity contribution in [2.75, 3.05) is 9.91 Å². The predicted octanol–water partition coefficient (Wildman–Crippen LogP) is 4.63. The lowest BCUT2D eigenvalue weighted by atomic mass is 9.91. The monoisotopic (exact) mass is 628 g/mol. The lowest BCUT2D eigenvalue weighted by Gasteiger charge is -2.38. The highest BCUT2D eigenvalue weighted by Gasteiger charge is 2.41. The molecular formula is C33H34F2N8O3. The van der Waals surface area contributed by atoms with E-state index in [0.29, 0.717) is 28.4 Å². The first-order valence-corrected chi connectivity index (χ1v) is 15.0. The lowest BCUT2D eigenvalue weighted by Crippen LogP contribution is -2.56. The van der Waals surface area contributed by atoms with Gasteiger partial charge in [0.1, 0.15) is 24.2 Å². The third-order valence-electron chi connectivity index (χ3n) is 8.31. The summed E-state index contributed by atoms with van der Waals surface area (Å²) in [7, 11) is 0. The van der Waals surface area contributed by atoms with E-state index in [4.69, 9.17) is 5.84 Å². The molecule has 2 aromatic heterocycles.